The highest BCUT2D eigenvalue weighted by atomic mass is 35.5. The normalized spacial score (nSPS) is 35.6. The first-order chi connectivity index (χ1) is 20.3. The molecule has 4 aliphatic heterocycles. The van der Waals surface area contributed by atoms with Crippen LogP contribution in [0.4, 0.5) is 0 Å². The summed E-state index contributed by atoms with van der Waals surface area (Å²) in [6, 6.07) is 6.93. The van der Waals surface area contributed by atoms with Crippen molar-refractivity contribution in [1.82, 2.24) is 0 Å². The van der Waals surface area contributed by atoms with Gasteiger partial charge in [-0.2, -0.15) is 0 Å². The Kier molecular flexibility index (Phi) is 8.00. The Morgan fingerprint density at radius 3 is 2.23 bits per heavy atom. The lowest BCUT2D eigenvalue weighted by Crippen LogP contribution is -2.63. The van der Waals surface area contributed by atoms with Crippen molar-refractivity contribution in [2.75, 3.05) is 34.2 Å². The maximum absolute atomic E-state index is 13.4. The van der Waals surface area contributed by atoms with Crippen molar-refractivity contribution in [2.24, 2.45) is 11.8 Å². The highest BCUT2D eigenvalue weighted by Crippen LogP contribution is 2.57. The van der Waals surface area contributed by atoms with E-state index in [4.69, 9.17) is 42.6 Å². The standard InChI is InChI=1S/C29H32O13.ClH/c1-11-36-9-20-27(40-11)24(31)25(32)29(41-20)42-26-14-7-17-16(38-10-39-17)6-13(14)21(22-15(26)8-37-28(22)33)12-4-18(34-2)23(30)19(5-12)35-3;/h4-7,11,15,20-22,24-27,29-32H,8-10H2,1-3H3;1H/t11-,15+,20-,21-,22+,24-,25-,26-,27-,29?;/m1./s1. The summed E-state index contributed by atoms with van der Waals surface area (Å²) < 4.78 is 51.5. The third kappa shape index (κ3) is 4.83. The minimum atomic E-state index is -1.44. The minimum absolute atomic E-state index is 0. The van der Waals surface area contributed by atoms with Crippen LogP contribution < -0.4 is 18.9 Å². The van der Waals surface area contributed by atoms with Gasteiger partial charge in [0.2, 0.25) is 12.5 Å². The van der Waals surface area contributed by atoms with E-state index in [0.717, 1.165) is 0 Å². The van der Waals surface area contributed by atoms with E-state index < -0.39 is 66.8 Å². The number of rotatable bonds is 5. The number of halogens is 1. The Hall–Kier alpha value is -3.04. The second-order valence-electron chi connectivity index (χ2n) is 11.0. The van der Waals surface area contributed by atoms with Crippen LogP contribution in [-0.2, 0) is 28.5 Å². The van der Waals surface area contributed by atoms with Gasteiger partial charge >= 0.3 is 5.97 Å². The predicted molar refractivity (Wildman–Crippen MR) is 146 cm³/mol. The number of phenolic OH excluding ortho intramolecular Hbond substituents is 1. The molecule has 0 radical (unpaired) electrons. The van der Waals surface area contributed by atoms with Gasteiger partial charge in [-0.05, 0) is 47.9 Å². The molecule has 2 aromatic carbocycles. The third-order valence-electron chi connectivity index (χ3n) is 8.75. The first kappa shape index (κ1) is 30.0. The first-order valence-corrected chi connectivity index (χ1v) is 13.8. The summed E-state index contributed by atoms with van der Waals surface area (Å²) >= 11 is 0. The van der Waals surface area contributed by atoms with Crippen LogP contribution in [0.25, 0.3) is 0 Å². The van der Waals surface area contributed by atoms with Gasteiger partial charge in [0, 0.05) is 11.8 Å². The summed E-state index contributed by atoms with van der Waals surface area (Å²) in [6.45, 7) is 1.93. The second-order valence-corrected chi connectivity index (χ2v) is 11.0. The fourth-order valence-corrected chi connectivity index (χ4v) is 6.74. The van der Waals surface area contributed by atoms with Gasteiger partial charge in [-0.15, -0.1) is 12.4 Å². The smallest absolute Gasteiger partial charge is 0.310 e. The van der Waals surface area contributed by atoms with Crippen LogP contribution in [0.3, 0.4) is 0 Å². The summed E-state index contributed by atoms with van der Waals surface area (Å²) in [5.41, 5.74) is 2.01. The number of carbonyl (C=O) groups excluding carboxylic acids is 1. The van der Waals surface area contributed by atoms with E-state index in [1.165, 1.54) is 14.2 Å². The van der Waals surface area contributed by atoms with Gasteiger partial charge in [0.15, 0.2) is 35.6 Å². The fourth-order valence-electron chi connectivity index (χ4n) is 6.74. The molecule has 0 saturated carbocycles. The summed E-state index contributed by atoms with van der Waals surface area (Å²) in [6.07, 6.45) is -6.80. The second kappa shape index (κ2) is 11.5. The molecule has 5 aliphatic rings. The molecule has 43 heavy (non-hydrogen) atoms. The average Bonchev–Trinajstić information content (AvgIpc) is 3.61. The zero-order valence-corrected chi connectivity index (χ0v) is 24.4. The zero-order valence-electron chi connectivity index (χ0n) is 23.5. The van der Waals surface area contributed by atoms with E-state index in [2.05, 4.69) is 0 Å². The molecule has 0 aromatic heterocycles. The predicted octanol–water partition coefficient (Wildman–Crippen LogP) is 1.76. The maximum Gasteiger partial charge on any atom is 0.310 e. The molecule has 13 nitrogen and oxygen atoms in total. The maximum atomic E-state index is 13.4. The van der Waals surface area contributed by atoms with E-state index in [0.29, 0.717) is 28.2 Å². The van der Waals surface area contributed by atoms with Gasteiger partial charge in [-0.25, -0.2) is 0 Å². The summed E-state index contributed by atoms with van der Waals surface area (Å²) in [5, 5.41) is 32.5. The van der Waals surface area contributed by atoms with E-state index in [1.807, 2.05) is 0 Å². The lowest BCUT2D eigenvalue weighted by atomic mass is 9.66. The number of esters is 1. The molecular weight excluding hydrogens is 592 g/mol. The van der Waals surface area contributed by atoms with Crippen LogP contribution in [0.2, 0.25) is 0 Å². The Bertz CT molecular complexity index is 1360. The first-order valence-electron chi connectivity index (χ1n) is 13.8. The van der Waals surface area contributed by atoms with Crippen molar-refractivity contribution in [3.63, 3.8) is 0 Å². The number of hydrogen-bond acceptors (Lipinski definition) is 13. The zero-order chi connectivity index (χ0) is 29.3. The molecule has 7 rings (SSSR count). The third-order valence-corrected chi connectivity index (χ3v) is 8.75. The Morgan fingerprint density at radius 2 is 1.56 bits per heavy atom. The van der Waals surface area contributed by atoms with E-state index >= 15 is 0 Å². The van der Waals surface area contributed by atoms with E-state index in [1.54, 1.807) is 31.2 Å². The number of carbonyl (C=O) groups is 1. The monoisotopic (exact) mass is 624 g/mol. The molecular formula is C29H33ClO13. The lowest BCUT2D eigenvalue weighted by Gasteiger charge is -2.47. The number of fused-ring (bicyclic) bond motifs is 4. The molecule has 10 atom stereocenters. The fraction of sp³-hybridized carbons (Fsp3) is 0.552. The number of phenols is 1. The van der Waals surface area contributed by atoms with Gasteiger partial charge < -0.3 is 58.0 Å². The van der Waals surface area contributed by atoms with Crippen molar-refractivity contribution in [1.29, 1.82) is 0 Å². The topological polar surface area (TPSA) is 161 Å². The molecule has 0 spiro atoms. The number of ether oxygens (including phenoxy) is 9. The minimum Gasteiger partial charge on any atom is -0.502 e. The molecule has 3 N–H and O–H groups in total. The molecule has 0 bridgehead atoms. The van der Waals surface area contributed by atoms with Crippen molar-refractivity contribution in [2.45, 2.75) is 55.9 Å². The van der Waals surface area contributed by atoms with Crippen molar-refractivity contribution in [3.05, 3.63) is 41.0 Å². The highest BCUT2D eigenvalue weighted by molar-refractivity contribution is 5.85. The summed E-state index contributed by atoms with van der Waals surface area (Å²) in [5.74, 6) is -1.02. The van der Waals surface area contributed by atoms with Gasteiger partial charge in [0.25, 0.3) is 0 Å². The Balaban J connectivity index is 0.00000329. The molecule has 3 fully saturated rings. The number of aliphatic hydroxyl groups is 2. The van der Waals surface area contributed by atoms with Crippen LogP contribution in [0, 0.1) is 11.8 Å². The lowest BCUT2D eigenvalue weighted by molar-refractivity contribution is -0.364. The van der Waals surface area contributed by atoms with Gasteiger partial charge in [-0.1, -0.05) is 0 Å². The number of aromatic hydroxyl groups is 1. The molecule has 14 heteroatoms. The van der Waals surface area contributed by atoms with Crippen LogP contribution >= 0.6 is 12.4 Å². The molecule has 1 unspecified atom stereocenters. The molecule has 2 aromatic rings. The number of methoxy groups -OCH3 is 2. The van der Waals surface area contributed by atoms with E-state index in [-0.39, 0.29) is 49.7 Å². The number of hydrogen-bond donors (Lipinski definition) is 3. The molecule has 0 amide bonds. The van der Waals surface area contributed by atoms with Gasteiger partial charge in [0.1, 0.15) is 24.4 Å². The van der Waals surface area contributed by atoms with Crippen molar-refractivity contribution in [3.8, 4) is 28.7 Å². The van der Waals surface area contributed by atoms with Crippen LogP contribution in [0.5, 0.6) is 28.7 Å². The van der Waals surface area contributed by atoms with Gasteiger partial charge in [0.05, 0.1) is 39.5 Å². The van der Waals surface area contributed by atoms with Crippen LogP contribution in [0.1, 0.15) is 35.6 Å². The number of benzene rings is 2. The Labute approximate surface area is 252 Å². The van der Waals surface area contributed by atoms with Crippen molar-refractivity contribution >= 4 is 18.4 Å². The number of cyclic esters (lactones) is 1. The average molecular weight is 625 g/mol. The molecule has 3 saturated heterocycles. The highest BCUT2D eigenvalue weighted by Gasteiger charge is 2.56. The SMILES string of the molecule is COc1cc([C@@H]2c3cc4c(cc3[C@@H](OC3O[C@@H]5CO[C@@H](C)O[C@H]5[C@H](O)[C@H]3O)[C@H]3COC(=O)[C@H]23)OCO4)cc(OC)c1O.Cl. The molecule has 234 valence electrons. The summed E-state index contributed by atoms with van der Waals surface area (Å²) in [7, 11) is 2.86. The summed E-state index contributed by atoms with van der Waals surface area (Å²) in [4.78, 5) is 13.4. The Morgan fingerprint density at radius 1 is 0.884 bits per heavy atom. The number of aliphatic hydroxyl groups excluding tert-OH is 2. The largest absolute Gasteiger partial charge is 0.502 e. The molecule has 4 heterocycles. The van der Waals surface area contributed by atoms with Crippen LogP contribution in [-0.4, -0.2) is 92.5 Å². The molecule has 1 aliphatic carbocycles. The van der Waals surface area contributed by atoms with Crippen LogP contribution in [0.15, 0.2) is 24.3 Å². The quantitative estimate of drug-likeness (QED) is 0.413. The van der Waals surface area contributed by atoms with E-state index in [9.17, 15) is 20.1 Å². The van der Waals surface area contributed by atoms with Crippen molar-refractivity contribution < 1.29 is 62.7 Å². The van der Waals surface area contributed by atoms with Gasteiger partial charge in [-0.3, -0.25) is 4.79 Å².